The second-order valence-corrected chi connectivity index (χ2v) is 6.01. The van der Waals surface area contributed by atoms with Gasteiger partial charge in [0.25, 0.3) is 0 Å². The number of hydrogen-bond acceptors (Lipinski definition) is 3. The summed E-state index contributed by atoms with van der Waals surface area (Å²) in [6.45, 7) is 7.23. The second-order valence-electron chi connectivity index (χ2n) is 6.01. The molecule has 0 aliphatic carbocycles. The van der Waals surface area contributed by atoms with Gasteiger partial charge in [-0.15, -0.1) is 0 Å². The Hall–Kier alpha value is -1.06. The minimum Gasteiger partial charge on any atom is -0.491 e. The molecule has 106 valence electrons. The first kappa shape index (κ1) is 14.4. The number of benzene rings is 1. The molecule has 0 spiro atoms. The van der Waals surface area contributed by atoms with Crippen LogP contribution in [-0.2, 0) is 0 Å². The summed E-state index contributed by atoms with van der Waals surface area (Å²) in [6, 6.07) is 8.24. The van der Waals surface area contributed by atoms with Gasteiger partial charge >= 0.3 is 0 Å². The molecular weight excluding hydrogens is 238 g/mol. The summed E-state index contributed by atoms with van der Waals surface area (Å²) < 4.78 is 5.78. The van der Waals surface area contributed by atoms with E-state index in [1.165, 1.54) is 0 Å². The third-order valence-corrected chi connectivity index (χ3v) is 4.04. The zero-order valence-electron chi connectivity index (χ0n) is 12.3. The summed E-state index contributed by atoms with van der Waals surface area (Å²) in [5, 5.41) is 10.6. The summed E-state index contributed by atoms with van der Waals surface area (Å²) in [5.41, 5.74) is 0.905. The fourth-order valence-corrected chi connectivity index (χ4v) is 2.85. The van der Waals surface area contributed by atoms with Crippen LogP contribution in [0.5, 0.6) is 5.75 Å². The van der Waals surface area contributed by atoms with Crippen molar-refractivity contribution in [3.05, 3.63) is 29.8 Å². The highest BCUT2D eigenvalue weighted by Crippen LogP contribution is 2.34. The van der Waals surface area contributed by atoms with Gasteiger partial charge in [-0.3, -0.25) is 4.90 Å². The summed E-state index contributed by atoms with van der Waals surface area (Å²) in [6.07, 6.45) is 0.658. The highest BCUT2D eigenvalue weighted by molar-refractivity contribution is 5.37. The average Bonchev–Trinajstić information content (AvgIpc) is 2.38. The molecule has 3 heteroatoms. The number of ether oxygens (including phenoxy) is 1. The van der Waals surface area contributed by atoms with Crippen molar-refractivity contribution in [3.8, 4) is 5.75 Å². The molecule has 0 saturated carbocycles. The van der Waals surface area contributed by atoms with Gasteiger partial charge in [-0.1, -0.05) is 32.0 Å². The Bertz CT molecular complexity index is 419. The molecule has 0 radical (unpaired) electrons. The highest BCUT2D eigenvalue weighted by atomic mass is 16.5. The third kappa shape index (κ3) is 3.10. The van der Waals surface area contributed by atoms with Crippen LogP contribution >= 0.6 is 0 Å². The molecule has 1 aromatic rings. The van der Waals surface area contributed by atoms with E-state index in [1.54, 1.807) is 0 Å². The van der Waals surface area contributed by atoms with Crippen molar-refractivity contribution in [3.63, 3.8) is 0 Å². The third-order valence-electron chi connectivity index (χ3n) is 4.04. The smallest absolute Gasteiger partial charge is 0.125 e. The SMILES string of the molecule is CC(C)CC(C)N(C)C1COc2ccccc2C1O. The summed E-state index contributed by atoms with van der Waals surface area (Å²) in [5.74, 6) is 1.47. The first-order valence-electron chi connectivity index (χ1n) is 7.12. The van der Waals surface area contributed by atoms with Crippen LogP contribution in [-0.4, -0.2) is 35.7 Å². The Morgan fingerprint density at radius 2 is 2.00 bits per heavy atom. The van der Waals surface area contributed by atoms with Crippen molar-refractivity contribution < 1.29 is 9.84 Å². The molecule has 3 atom stereocenters. The molecule has 1 aliphatic heterocycles. The van der Waals surface area contributed by atoms with E-state index in [-0.39, 0.29) is 6.04 Å². The molecule has 0 fully saturated rings. The Balaban J connectivity index is 2.11. The van der Waals surface area contributed by atoms with E-state index < -0.39 is 6.10 Å². The Kier molecular flexibility index (Phi) is 4.48. The van der Waals surface area contributed by atoms with Crippen molar-refractivity contribution in [1.82, 2.24) is 4.90 Å². The van der Waals surface area contributed by atoms with Gasteiger partial charge in [0.05, 0.1) is 6.04 Å². The zero-order valence-corrected chi connectivity index (χ0v) is 12.3. The van der Waals surface area contributed by atoms with E-state index in [2.05, 4.69) is 32.7 Å². The van der Waals surface area contributed by atoms with Crippen LogP contribution in [0.2, 0.25) is 0 Å². The Morgan fingerprint density at radius 3 is 2.68 bits per heavy atom. The van der Waals surface area contributed by atoms with Gasteiger partial charge < -0.3 is 9.84 Å². The Labute approximate surface area is 116 Å². The van der Waals surface area contributed by atoms with E-state index in [0.29, 0.717) is 18.6 Å². The summed E-state index contributed by atoms with van der Waals surface area (Å²) >= 11 is 0. The van der Waals surface area contributed by atoms with Gasteiger partial charge in [0, 0.05) is 11.6 Å². The lowest BCUT2D eigenvalue weighted by Gasteiger charge is -2.39. The van der Waals surface area contributed by atoms with E-state index >= 15 is 0 Å². The standard InChI is InChI=1S/C16H25NO2/c1-11(2)9-12(3)17(4)14-10-19-15-8-6-5-7-13(15)16(14)18/h5-8,11-12,14,16,18H,9-10H2,1-4H3. The van der Waals surface area contributed by atoms with Crippen molar-refractivity contribution >= 4 is 0 Å². The number of rotatable bonds is 4. The Morgan fingerprint density at radius 1 is 1.32 bits per heavy atom. The number of nitrogens with zero attached hydrogens (tertiary/aromatic N) is 1. The molecular formula is C16H25NO2. The molecule has 0 amide bonds. The largest absolute Gasteiger partial charge is 0.491 e. The maximum absolute atomic E-state index is 10.6. The minimum absolute atomic E-state index is 0.0312. The number of para-hydroxylation sites is 1. The first-order chi connectivity index (χ1) is 9.00. The van der Waals surface area contributed by atoms with Crippen LogP contribution in [0, 0.1) is 5.92 Å². The predicted molar refractivity (Wildman–Crippen MR) is 77.4 cm³/mol. The number of hydrogen-bond donors (Lipinski definition) is 1. The average molecular weight is 263 g/mol. The molecule has 1 aliphatic rings. The predicted octanol–water partition coefficient (Wildman–Crippen LogP) is 2.85. The van der Waals surface area contributed by atoms with Gasteiger partial charge in [0.2, 0.25) is 0 Å². The van der Waals surface area contributed by atoms with E-state index in [0.717, 1.165) is 17.7 Å². The minimum atomic E-state index is -0.468. The van der Waals surface area contributed by atoms with Gasteiger partial charge in [0.1, 0.15) is 18.5 Å². The molecule has 3 nitrogen and oxygen atoms in total. The van der Waals surface area contributed by atoms with E-state index in [1.807, 2.05) is 24.3 Å². The first-order valence-corrected chi connectivity index (χ1v) is 7.12. The van der Waals surface area contributed by atoms with Crippen LogP contribution in [0.3, 0.4) is 0 Å². The van der Waals surface area contributed by atoms with Gasteiger partial charge in [0.15, 0.2) is 0 Å². The molecule has 1 heterocycles. The number of fused-ring (bicyclic) bond motifs is 1. The van der Waals surface area contributed by atoms with Crippen LogP contribution in [0.25, 0.3) is 0 Å². The quantitative estimate of drug-likeness (QED) is 0.906. The summed E-state index contributed by atoms with van der Waals surface area (Å²) in [7, 11) is 2.08. The molecule has 19 heavy (non-hydrogen) atoms. The lowest BCUT2D eigenvalue weighted by molar-refractivity contribution is -0.00345. The van der Waals surface area contributed by atoms with Gasteiger partial charge in [-0.2, -0.15) is 0 Å². The number of aliphatic hydroxyl groups is 1. The fraction of sp³-hybridized carbons (Fsp3) is 0.625. The van der Waals surface area contributed by atoms with Crippen LogP contribution in [0.1, 0.15) is 38.9 Å². The van der Waals surface area contributed by atoms with E-state index in [4.69, 9.17) is 4.74 Å². The highest BCUT2D eigenvalue weighted by Gasteiger charge is 2.33. The van der Waals surface area contributed by atoms with Crippen LogP contribution in [0.4, 0.5) is 0 Å². The second kappa shape index (κ2) is 5.93. The van der Waals surface area contributed by atoms with Crippen molar-refractivity contribution in [2.75, 3.05) is 13.7 Å². The zero-order chi connectivity index (χ0) is 14.0. The van der Waals surface area contributed by atoms with E-state index in [9.17, 15) is 5.11 Å². The van der Waals surface area contributed by atoms with Crippen molar-refractivity contribution in [1.29, 1.82) is 0 Å². The molecule has 0 bridgehead atoms. The normalized spacial score (nSPS) is 24.2. The molecule has 0 aromatic heterocycles. The number of aliphatic hydroxyl groups excluding tert-OH is 1. The lowest BCUT2D eigenvalue weighted by Crippen LogP contribution is -2.48. The number of likely N-dealkylation sites (N-methyl/N-ethyl adjacent to an activating group) is 1. The molecule has 3 unspecified atom stereocenters. The molecule has 1 N–H and O–H groups in total. The van der Waals surface area contributed by atoms with Gasteiger partial charge in [-0.05, 0) is 32.4 Å². The van der Waals surface area contributed by atoms with Crippen LogP contribution in [0.15, 0.2) is 24.3 Å². The summed E-state index contributed by atoms with van der Waals surface area (Å²) in [4.78, 5) is 2.25. The van der Waals surface area contributed by atoms with Crippen molar-refractivity contribution in [2.45, 2.75) is 45.4 Å². The molecule has 2 rings (SSSR count). The maximum Gasteiger partial charge on any atom is 0.125 e. The molecule has 1 aromatic carbocycles. The van der Waals surface area contributed by atoms with Gasteiger partial charge in [-0.25, -0.2) is 0 Å². The lowest BCUT2D eigenvalue weighted by atomic mass is 9.95. The fourth-order valence-electron chi connectivity index (χ4n) is 2.85. The van der Waals surface area contributed by atoms with Crippen molar-refractivity contribution in [2.24, 2.45) is 5.92 Å². The topological polar surface area (TPSA) is 32.7 Å². The monoisotopic (exact) mass is 263 g/mol. The van der Waals surface area contributed by atoms with Crippen LogP contribution < -0.4 is 4.74 Å². The molecule has 0 saturated heterocycles. The maximum atomic E-state index is 10.6.